The predicted octanol–water partition coefficient (Wildman–Crippen LogP) is 2.36. The van der Waals surface area contributed by atoms with Gasteiger partial charge in [0.15, 0.2) is 5.79 Å². The van der Waals surface area contributed by atoms with E-state index in [4.69, 9.17) is 9.47 Å². The lowest BCUT2D eigenvalue weighted by molar-refractivity contribution is -0.139. The third kappa shape index (κ3) is 1.37. The highest BCUT2D eigenvalue weighted by Gasteiger charge is 2.41. The summed E-state index contributed by atoms with van der Waals surface area (Å²) in [5.41, 5.74) is 0. The first-order valence-corrected chi connectivity index (χ1v) is 4.77. The fourth-order valence-electron chi connectivity index (χ4n) is 1.50. The Bertz CT molecular complexity index is 255. The van der Waals surface area contributed by atoms with Gasteiger partial charge in [0.1, 0.15) is 12.2 Å². The quantitative estimate of drug-likeness (QED) is 0.637. The minimum Gasteiger partial charge on any atom is -0.340 e. The second-order valence-corrected chi connectivity index (χ2v) is 4.37. The van der Waals surface area contributed by atoms with Gasteiger partial charge in [0.05, 0.1) is 0 Å². The first kappa shape index (κ1) is 8.48. The molecule has 0 N–H and O–H groups in total. The van der Waals surface area contributed by atoms with Crippen LogP contribution in [-0.2, 0) is 9.47 Å². The molecule has 1 aliphatic heterocycles. The highest BCUT2D eigenvalue weighted by molar-refractivity contribution is 9.11. The van der Waals surface area contributed by atoms with E-state index in [1.807, 2.05) is 32.1 Å². The zero-order chi connectivity index (χ0) is 8.77. The number of halogens is 1. The standard InChI is InChI=1S/C9H11BrO2/c1-9(2)11-7-5-3-4-6(10)8(7)12-9/h3-5,7-8H,1-2H3/t7-,8+/m0/s1. The monoisotopic (exact) mass is 230 g/mol. The summed E-state index contributed by atoms with van der Waals surface area (Å²) in [5, 5.41) is 0. The summed E-state index contributed by atoms with van der Waals surface area (Å²) in [6, 6.07) is 0. The zero-order valence-electron chi connectivity index (χ0n) is 7.08. The molecule has 0 aromatic heterocycles. The van der Waals surface area contributed by atoms with Crippen molar-refractivity contribution in [2.45, 2.75) is 31.8 Å². The fourth-order valence-corrected chi connectivity index (χ4v) is 2.00. The number of hydrogen-bond donors (Lipinski definition) is 0. The molecule has 0 amide bonds. The summed E-state index contributed by atoms with van der Waals surface area (Å²) in [6.45, 7) is 3.86. The Labute approximate surface area is 80.4 Å². The average Bonchev–Trinajstić information content (AvgIpc) is 2.25. The summed E-state index contributed by atoms with van der Waals surface area (Å²) in [5.74, 6) is -0.461. The maximum absolute atomic E-state index is 5.68. The van der Waals surface area contributed by atoms with Crippen LogP contribution in [0.3, 0.4) is 0 Å². The highest BCUT2D eigenvalue weighted by atomic mass is 79.9. The SMILES string of the molecule is CC1(C)O[C@H]2C=CC=C(Br)[C@H]2O1. The molecule has 2 nitrogen and oxygen atoms in total. The molecule has 2 aliphatic rings. The molecule has 0 unspecified atom stereocenters. The van der Waals surface area contributed by atoms with Gasteiger partial charge in [0.25, 0.3) is 0 Å². The van der Waals surface area contributed by atoms with E-state index in [2.05, 4.69) is 15.9 Å². The van der Waals surface area contributed by atoms with Crippen LogP contribution in [0, 0.1) is 0 Å². The lowest BCUT2D eigenvalue weighted by atomic mass is 10.1. The van der Waals surface area contributed by atoms with Crippen LogP contribution in [0.4, 0.5) is 0 Å². The Morgan fingerprint density at radius 3 is 2.83 bits per heavy atom. The van der Waals surface area contributed by atoms with E-state index in [1.54, 1.807) is 0 Å². The summed E-state index contributed by atoms with van der Waals surface area (Å²) in [4.78, 5) is 0. The van der Waals surface area contributed by atoms with Gasteiger partial charge in [-0.15, -0.1) is 0 Å². The average molecular weight is 231 g/mol. The Hall–Kier alpha value is -0.120. The Kier molecular flexibility index (Phi) is 1.90. The minimum atomic E-state index is -0.461. The lowest BCUT2D eigenvalue weighted by Gasteiger charge is -2.16. The third-order valence-corrected chi connectivity index (χ3v) is 2.67. The molecule has 3 heteroatoms. The molecule has 1 heterocycles. The van der Waals surface area contributed by atoms with Gasteiger partial charge in [0.2, 0.25) is 0 Å². The van der Waals surface area contributed by atoms with Crippen LogP contribution in [0.25, 0.3) is 0 Å². The molecule has 0 aromatic carbocycles. The van der Waals surface area contributed by atoms with Crippen molar-refractivity contribution in [2.75, 3.05) is 0 Å². The maximum Gasteiger partial charge on any atom is 0.164 e. The molecule has 2 rings (SSSR count). The fraction of sp³-hybridized carbons (Fsp3) is 0.556. The van der Waals surface area contributed by atoms with Gasteiger partial charge in [-0.3, -0.25) is 0 Å². The number of fused-ring (bicyclic) bond motifs is 1. The molecule has 0 radical (unpaired) electrons. The van der Waals surface area contributed by atoms with E-state index >= 15 is 0 Å². The second kappa shape index (κ2) is 2.69. The van der Waals surface area contributed by atoms with E-state index in [1.165, 1.54) is 0 Å². The first-order valence-electron chi connectivity index (χ1n) is 3.98. The Morgan fingerprint density at radius 1 is 1.42 bits per heavy atom. The molecular formula is C9H11BrO2. The van der Waals surface area contributed by atoms with Crippen molar-refractivity contribution in [3.05, 3.63) is 22.7 Å². The first-order chi connectivity index (χ1) is 5.58. The van der Waals surface area contributed by atoms with Crippen LogP contribution in [0.1, 0.15) is 13.8 Å². The van der Waals surface area contributed by atoms with Crippen molar-refractivity contribution < 1.29 is 9.47 Å². The van der Waals surface area contributed by atoms with Crippen molar-refractivity contribution in [2.24, 2.45) is 0 Å². The molecule has 0 saturated carbocycles. The van der Waals surface area contributed by atoms with Crippen LogP contribution in [0.15, 0.2) is 22.7 Å². The van der Waals surface area contributed by atoms with Crippen molar-refractivity contribution in [1.29, 1.82) is 0 Å². The number of ether oxygens (including phenoxy) is 2. The predicted molar refractivity (Wildman–Crippen MR) is 50.0 cm³/mol. The van der Waals surface area contributed by atoms with Crippen molar-refractivity contribution in [3.63, 3.8) is 0 Å². The van der Waals surface area contributed by atoms with Crippen LogP contribution < -0.4 is 0 Å². The van der Waals surface area contributed by atoms with Gasteiger partial charge in [-0.25, -0.2) is 0 Å². The molecule has 1 saturated heterocycles. The number of hydrogen-bond acceptors (Lipinski definition) is 2. The molecule has 2 atom stereocenters. The van der Waals surface area contributed by atoms with E-state index in [0.717, 1.165) is 4.48 Å². The Morgan fingerprint density at radius 2 is 2.17 bits per heavy atom. The van der Waals surface area contributed by atoms with Gasteiger partial charge in [-0.2, -0.15) is 0 Å². The molecule has 1 fully saturated rings. The van der Waals surface area contributed by atoms with E-state index in [9.17, 15) is 0 Å². The smallest absolute Gasteiger partial charge is 0.164 e. The van der Waals surface area contributed by atoms with Crippen molar-refractivity contribution in [3.8, 4) is 0 Å². The summed E-state index contributed by atoms with van der Waals surface area (Å²) < 4.78 is 12.4. The summed E-state index contributed by atoms with van der Waals surface area (Å²) >= 11 is 3.45. The van der Waals surface area contributed by atoms with E-state index in [0.29, 0.717) is 0 Å². The Balaban J connectivity index is 2.24. The molecule has 1 aliphatic carbocycles. The van der Waals surface area contributed by atoms with Gasteiger partial charge in [-0.1, -0.05) is 28.1 Å². The topological polar surface area (TPSA) is 18.5 Å². The van der Waals surface area contributed by atoms with Crippen molar-refractivity contribution >= 4 is 15.9 Å². The van der Waals surface area contributed by atoms with Gasteiger partial charge < -0.3 is 9.47 Å². The molecule has 12 heavy (non-hydrogen) atoms. The van der Waals surface area contributed by atoms with Gasteiger partial charge in [-0.05, 0) is 19.9 Å². The van der Waals surface area contributed by atoms with E-state index < -0.39 is 5.79 Å². The lowest BCUT2D eigenvalue weighted by Crippen LogP contribution is -2.22. The largest absolute Gasteiger partial charge is 0.340 e. The number of rotatable bonds is 0. The molecule has 0 aromatic rings. The molecule has 0 bridgehead atoms. The van der Waals surface area contributed by atoms with E-state index in [-0.39, 0.29) is 12.2 Å². The van der Waals surface area contributed by atoms with Gasteiger partial charge in [0, 0.05) is 4.48 Å². The van der Waals surface area contributed by atoms with Gasteiger partial charge >= 0.3 is 0 Å². The maximum atomic E-state index is 5.68. The molecule has 66 valence electrons. The van der Waals surface area contributed by atoms with Crippen LogP contribution in [-0.4, -0.2) is 18.0 Å². The molecular weight excluding hydrogens is 220 g/mol. The summed E-state index contributed by atoms with van der Waals surface area (Å²) in [7, 11) is 0. The third-order valence-electron chi connectivity index (χ3n) is 1.96. The summed E-state index contributed by atoms with van der Waals surface area (Å²) in [6.07, 6.45) is 6.11. The van der Waals surface area contributed by atoms with Crippen LogP contribution >= 0.6 is 15.9 Å². The number of allylic oxidation sites excluding steroid dienone is 2. The minimum absolute atomic E-state index is 0.0463. The second-order valence-electron chi connectivity index (χ2n) is 3.46. The molecule has 0 spiro atoms. The normalized spacial score (nSPS) is 37.8. The zero-order valence-corrected chi connectivity index (χ0v) is 8.67. The van der Waals surface area contributed by atoms with Crippen LogP contribution in [0.2, 0.25) is 0 Å². The van der Waals surface area contributed by atoms with Crippen LogP contribution in [0.5, 0.6) is 0 Å². The van der Waals surface area contributed by atoms with Crippen molar-refractivity contribution in [1.82, 2.24) is 0 Å². The highest BCUT2D eigenvalue weighted by Crippen LogP contribution is 2.36.